The lowest BCUT2D eigenvalue weighted by Gasteiger charge is -2.10. The third kappa shape index (κ3) is 2.15. The summed E-state index contributed by atoms with van der Waals surface area (Å²) in [4.78, 5) is 0. The van der Waals surface area contributed by atoms with Gasteiger partial charge in [-0.3, -0.25) is 0 Å². The van der Waals surface area contributed by atoms with Crippen LogP contribution >= 0.6 is 23.3 Å². The second kappa shape index (κ2) is 4.45. The number of rotatable bonds is 4. The number of nitrogen functional groups attached to an aromatic ring is 1. The van der Waals surface area contributed by atoms with E-state index >= 15 is 0 Å². The first kappa shape index (κ1) is 10.7. The van der Waals surface area contributed by atoms with Gasteiger partial charge in [-0.15, -0.1) is 0 Å². The van der Waals surface area contributed by atoms with Crippen molar-refractivity contribution in [1.82, 2.24) is 4.37 Å². The second-order valence-electron chi connectivity index (χ2n) is 4.60. The van der Waals surface area contributed by atoms with Gasteiger partial charge < -0.3 is 11.1 Å². The van der Waals surface area contributed by atoms with E-state index in [-0.39, 0.29) is 0 Å². The molecule has 1 aromatic heterocycles. The molecule has 88 valence electrons. The molecule has 5 heteroatoms. The highest BCUT2D eigenvalue weighted by Crippen LogP contribution is 2.47. The average molecular weight is 255 g/mol. The predicted molar refractivity (Wildman–Crippen MR) is 72.5 cm³/mol. The molecule has 1 aromatic rings. The summed E-state index contributed by atoms with van der Waals surface area (Å²) < 4.78 is 4.27. The van der Waals surface area contributed by atoms with Crippen molar-refractivity contribution < 1.29 is 0 Å². The van der Waals surface area contributed by atoms with Crippen LogP contribution < -0.4 is 11.1 Å². The molecule has 1 unspecified atom stereocenters. The Kier molecular flexibility index (Phi) is 2.98. The molecule has 3 nitrogen and oxygen atoms in total. The van der Waals surface area contributed by atoms with Crippen LogP contribution in [0.15, 0.2) is 0 Å². The lowest BCUT2D eigenvalue weighted by atomic mass is 10.2. The predicted octanol–water partition coefficient (Wildman–Crippen LogP) is 2.91. The van der Waals surface area contributed by atoms with Gasteiger partial charge in [0.15, 0.2) is 0 Å². The first-order valence-electron chi connectivity index (χ1n) is 5.95. The second-order valence-corrected chi connectivity index (χ2v) is 6.78. The van der Waals surface area contributed by atoms with Crippen molar-refractivity contribution in [2.24, 2.45) is 0 Å². The fourth-order valence-corrected chi connectivity index (χ4v) is 4.22. The van der Waals surface area contributed by atoms with Gasteiger partial charge in [-0.1, -0.05) is 0 Å². The minimum Gasteiger partial charge on any atom is -0.383 e. The largest absolute Gasteiger partial charge is 0.383 e. The number of thioether (sulfide) groups is 1. The van der Waals surface area contributed by atoms with E-state index in [0.717, 1.165) is 17.6 Å². The number of anilines is 2. The highest BCUT2D eigenvalue weighted by Gasteiger charge is 2.30. The molecule has 0 amide bonds. The Morgan fingerprint density at radius 3 is 2.94 bits per heavy atom. The van der Waals surface area contributed by atoms with Crippen molar-refractivity contribution in [1.29, 1.82) is 0 Å². The Labute approximate surface area is 104 Å². The van der Waals surface area contributed by atoms with Crippen molar-refractivity contribution in [3.63, 3.8) is 0 Å². The lowest BCUT2D eigenvalue weighted by Crippen LogP contribution is -2.13. The molecule has 1 aliphatic heterocycles. The van der Waals surface area contributed by atoms with E-state index in [9.17, 15) is 0 Å². The van der Waals surface area contributed by atoms with Crippen LogP contribution in [0.4, 0.5) is 10.8 Å². The SMILES string of the molecule is Nc1nsc(NCC2CCCS2)c1C1CC1. The van der Waals surface area contributed by atoms with Crippen LogP contribution in [-0.2, 0) is 0 Å². The summed E-state index contributed by atoms with van der Waals surface area (Å²) in [5.41, 5.74) is 7.22. The molecule has 1 aliphatic carbocycles. The number of hydrogen-bond acceptors (Lipinski definition) is 5. The monoisotopic (exact) mass is 255 g/mol. The van der Waals surface area contributed by atoms with Gasteiger partial charge in [-0.2, -0.15) is 16.1 Å². The number of nitrogens with one attached hydrogen (secondary N) is 1. The molecular formula is C11H17N3S2. The molecule has 2 aliphatic rings. The Hall–Kier alpha value is -0.420. The summed E-state index contributed by atoms with van der Waals surface area (Å²) >= 11 is 3.62. The minimum absolute atomic E-state index is 0.692. The summed E-state index contributed by atoms with van der Waals surface area (Å²) in [7, 11) is 0. The lowest BCUT2D eigenvalue weighted by molar-refractivity contribution is 0.806. The molecule has 0 bridgehead atoms. The third-order valence-corrected chi connectivity index (χ3v) is 5.49. The normalized spacial score (nSPS) is 24.9. The first-order valence-corrected chi connectivity index (χ1v) is 7.77. The van der Waals surface area contributed by atoms with Gasteiger partial charge >= 0.3 is 0 Å². The van der Waals surface area contributed by atoms with Crippen LogP contribution in [-0.4, -0.2) is 21.9 Å². The summed E-state index contributed by atoms with van der Waals surface area (Å²) in [6.07, 6.45) is 5.30. The van der Waals surface area contributed by atoms with E-state index < -0.39 is 0 Å². The number of hydrogen-bond donors (Lipinski definition) is 2. The number of aromatic nitrogens is 1. The number of nitrogens with two attached hydrogens (primary N) is 1. The maximum absolute atomic E-state index is 5.92. The van der Waals surface area contributed by atoms with Crippen molar-refractivity contribution in [3.05, 3.63) is 5.56 Å². The van der Waals surface area contributed by atoms with E-state index in [1.54, 1.807) is 0 Å². The van der Waals surface area contributed by atoms with Gasteiger partial charge in [0.2, 0.25) is 0 Å². The Morgan fingerprint density at radius 2 is 2.25 bits per heavy atom. The quantitative estimate of drug-likeness (QED) is 0.868. The minimum atomic E-state index is 0.692. The molecule has 0 radical (unpaired) electrons. The van der Waals surface area contributed by atoms with E-state index in [2.05, 4.69) is 21.5 Å². The molecule has 0 aromatic carbocycles. The molecule has 1 saturated carbocycles. The highest BCUT2D eigenvalue weighted by atomic mass is 32.2. The van der Waals surface area contributed by atoms with E-state index in [1.165, 1.54) is 53.5 Å². The molecule has 3 rings (SSSR count). The zero-order valence-electron chi connectivity index (χ0n) is 9.24. The summed E-state index contributed by atoms with van der Waals surface area (Å²) in [6, 6.07) is 0. The smallest absolute Gasteiger partial charge is 0.142 e. The summed E-state index contributed by atoms with van der Waals surface area (Å²) in [5.74, 6) is 2.78. The van der Waals surface area contributed by atoms with E-state index in [1.807, 2.05) is 0 Å². The summed E-state index contributed by atoms with van der Waals surface area (Å²) in [6.45, 7) is 1.08. The maximum Gasteiger partial charge on any atom is 0.142 e. The van der Waals surface area contributed by atoms with Gasteiger partial charge in [0, 0.05) is 17.4 Å². The molecule has 1 atom stereocenters. The fourth-order valence-electron chi connectivity index (χ4n) is 2.22. The van der Waals surface area contributed by atoms with Gasteiger partial charge in [0.05, 0.1) is 0 Å². The maximum atomic E-state index is 5.92. The van der Waals surface area contributed by atoms with Gasteiger partial charge in [0.1, 0.15) is 10.8 Å². The third-order valence-electron chi connectivity index (χ3n) is 3.26. The van der Waals surface area contributed by atoms with Gasteiger partial charge in [0.25, 0.3) is 0 Å². The standard InChI is InChI=1S/C11H17N3S2/c12-10-9(7-3-4-7)11(16-14-10)13-6-8-2-1-5-15-8/h7-8,13H,1-6H2,(H2,12,14). The van der Waals surface area contributed by atoms with Crippen LogP contribution in [0.1, 0.15) is 37.2 Å². The molecule has 0 spiro atoms. The molecular weight excluding hydrogens is 238 g/mol. The Balaban J connectivity index is 1.64. The zero-order valence-corrected chi connectivity index (χ0v) is 10.9. The molecule has 2 fully saturated rings. The van der Waals surface area contributed by atoms with E-state index in [0.29, 0.717) is 5.92 Å². The molecule has 2 heterocycles. The van der Waals surface area contributed by atoms with Crippen LogP contribution in [0.25, 0.3) is 0 Å². The topological polar surface area (TPSA) is 50.9 Å². The first-order chi connectivity index (χ1) is 7.84. The number of nitrogens with zero attached hydrogens (tertiary/aromatic N) is 1. The Bertz CT molecular complexity index is 367. The van der Waals surface area contributed by atoms with Gasteiger partial charge in [-0.25, -0.2) is 0 Å². The van der Waals surface area contributed by atoms with Crippen LogP contribution in [0, 0.1) is 0 Å². The fraction of sp³-hybridized carbons (Fsp3) is 0.727. The van der Waals surface area contributed by atoms with Crippen molar-refractivity contribution in [3.8, 4) is 0 Å². The average Bonchev–Trinajstić information content (AvgIpc) is 2.85. The molecule has 1 saturated heterocycles. The van der Waals surface area contributed by atoms with Crippen LogP contribution in [0.5, 0.6) is 0 Å². The van der Waals surface area contributed by atoms with Crippen molar-refractivity contribution in [2.45, 2.75) is 36.9 Å². The zero-order chi connectivity index (χ0) is 11.0. The van der Waals surface area contributed by atoms with Crippen molar-refractivity contribution >= 4 is 34.1 Å². The van der Waals surface area contributed by atoms with E-state index in [4.69, 9.17) is 5.73 Å². The highest BCUT2D eigenvalue weighted by molar-refractivity contribution is 8.00. The molecule has 3 N–H and O–H groups in total. The summed E-state index contributed by atoms with van der Waals surface area (Å²) in [5, 5.41) is 5.57. The van der Waals surface area contributed by atoms with Gasteiger partial charge in [-0.05, 0) is 48.9 Å². The van der Waals surface area contributed by atoms with Crippen LogP contribution in [0.2, 0.25) is 0 Å². The molecule has 16 heavy (non-hydrogen) atoms. The van der Waals surface area contributed by atoms with Crippen LogP contribution in [0.3, 0.4) is 0 Å². The van der Waals surface area contributed by atoms with Crippen molar-refractivity contribution in [2.75, 3.05) is 23.3 Å². The Morgan fingerprint density at radius 1 is 1.38 bits per heavy atom.